The van der Waals surface area contributed by atoms with Gasteiger partial charge in [-0.25, -0.2) is 0 Å². The third-order valence-corrected chi connectivity index (χ3v) is 2.74. The number of ether oxygens (including phenoxy) is 3. The van der Waals surface area contributed by atoms with Crippen molar-refractivity contribution in [2.75, 3.05) is 19.8 Å². The first kappa shape index (κ1) is 16.7. The van der Waals surface area contributed by atoms with Crippen LogP contribution in [-0.2, 0) is 9.47 Å². The monoisotopic (exact) mass is 303 g/mol. The fourth-order valence-corrected chi connectivity index (χ4v) is 1.80. The average Bonchev–Trinajstić information content (AvgIpc) is 2.40. The molecule has 112 valence electrons. The van der Waals surface area contributed by atoms with Gasteiger partial charge < -0.3 is 14.2 Å². The van der Waals surface area contributed by atoms with Crippen molar-refractivity contribution in [2.24, 2.45) is 0 Å². The Morgan fingerprint density at radius 2 is 1.95 bits per heavy atom. The minimum absolute atomic E-state index is 0.0659. The minimum atomic E-state index is -0.504. The second-order valence-corrected chi connectivity index (χ2v) is 4.26. The number of nitrogens with zero attached hydrogens (tertiary/aromatic N) is 1. The van der Waals surface area contributed by atoms with E-state index in [2.05, 4.69) is 0 Å². The zero-order valence-electron chi connectivity index (χ0n) is 11.5. The fourth-order valence-electron chi connectivity index (χ4n) is 1.57. The van der Waals surface area contributed by atoms with Gasteiger partial charge in [0.1, 0.15) is 5.75 Å². The molecule has 0 saturated carbocycles. The third-order valence-electron chi connectivity index (χ3n) is 2.44. The van der Waals surface area contributed by atoms with Crippen LogP contribution < -0.4 is 4.74 Å². The second-order valence-electron chi connectivity index (χ2n) is 3.85. The highest BCUT2D eigenvalue weighted by Crippen LogP contribution is 2.28. The van der Waals surface area contributed by atoms with Crippen molar-refractivity contribution in [3.8, 4) is 5.75 Å². The van der Waals surface area contributed by atoms with E-state index in [0.717, 1.165) is 0 Å². The van der Waals surface area contributed by atoms with Gasteiger partial charge in [-0.2, -0.15) is 0 Å². The van der Waals surface area contributed by atoms with Crippen molar-refractivity contribution in [3.05, 3.63) is 33.3 Å². The molecule has 7 heteroatoms. The smallest absolute Gasteiger partial charge is 0.271 e. The number of rotatable bonds is 9. The van der Waals surface area contributed by atoms with Crippen LogP contribution in [0.2, 0.25) is 5.02 Å². The minimum Gasteiger partial charge on any atom is -0.492 e. The zero-order valence-corrected chi connectivity index (χ0v) is 12.3. The molecule has 1 aromatic carbocycles. The molecule has 0 unspecified atom stereocenters. The molecule has 0 heterocycles. The van der Waals surface area contributed by atoms with Crippen LogP contribution in [0.1, 0.15) is 20.3 Å². The maximum atomic E-state index is 10.6. The van der Waals surface area contributed by atoms with Crippen molar-refractivity contribution < 1.29 is 19.1 Å². The number of hydrogen-bond acceptors (Lipinski definition) is 5. The molecular formula is C13H18ClNO5. The van der Waals surface area contributed by atoms with Crippen LogP contribution in [0, 0.1) is 10.1 Å². The Kier molecular flexibility index (Phi) is 7.28. The first-order valence-corrected chi connectivity index (χ1v) is 6.76. The van der Waals surface area contributed by atoms with Gasteiger partial charge in [-0.1, -0.05) is 11.6 Å². The lowest BCUT2D eigenvalue weighted by Crippen LogP contribution is -2.20. The van der Waals surface area contributed by atoms with Gasteiger partial charge in [0.25, 0.3) is 5.69 Å². The van der Waals surface area contributed by atoms with Gasteiger partial charge >= 0.3 is 0 Å². The highest BCUT2D eigenvalue weighted by molar-refractivity contribution is 6.32. The maximum Gasteiger partial charge on any atom is 0.271 e. The molecule has 0 atom stereocenters. The van der Waals surface area contributed by atoms with Crippen LogP contribution in [0.5, 0.6) is 5.75 Å². The number of non-ortho nitro benzene ring substituents is 1. The van der Waals surface area contributed by atoms with Gasteiger partial charge in [-0.3, -0.25) is 10.1 Å². The van der Waals surface area contributed by atoms with E-state index in [-0.39, 0.29) is 17.0 Å². The quantitative estimate of drug-likeness (QED) is 0.397. The van der Waals surface area contributed by atoms with E-state index >= 15 is 0 Å². The molecule has 0 radical (unpaired) electrons. The van der Waals surface area contributed by atoms with Gasteiger partial charge in [-0.15, -0.1) is 0 Å². The highest BCUT2D eigenvalue weighted by Gasteiger charge is 2.12. The molecular weight excluding hydrogens is 286 g/mol. The third kappa shape index (κ3) is 5.32. The van der Waals surface area contributed by atoms with E-state index in [1.165, 1.54) is 18.2 Å². The van der Waals surface area contributed by atoms with Gasteiger partial charge in [0.2, 0.25) is 0 Å². The van der Waals surface area contributed by atoms with Crippen molar-refractivity contribution in [1.82, 2.24) is 0 Å². The summed E-state index contributed by atoms with van der Waals surface area (Å²) >= 11 is 5.92. The molecule has 0 aliphatic heterocycles. The molecule has 1 aromatic rings. The number of nitro groups is 1. The number of halogens is 1. The summed E-state index contributed by atoms with van der Waals surface area (Å²) in [6.07, 6.45) is 0.233. The molecule has 0 bridgehead atoms. The molecule has 0 fully saturated rings. The number of nitro benzene ring substituents is 1. The second kappa shape index (κ2) is 8.73. The predicted molar refractivity (Wildman–Crippen MR) is 75.3 cm³/mol. The Bertz CT molecular complexity index is 435. The maximum absolute atomic E-state index is 10.6. The predicted octanol–water partition coefficient (Wildman–Crippen LogP) is 3.42. The van der Waals surface area contributed by atoms with Gasteiger partial charge in [0, 0.05) is 31.8 Å². The Balaban J connectivity index is 2.50. The SMILES string of the molecule is CCOC(CCOc1ccc([N+](=O)[O-])cc1Cl)OCC. The van der Waals surface area contributed by atoms with E-state index < -0.39 is 4.92 Å². The summed E-state index contributed by atoms with van der Waals surface area (Å²) in [5.74, 6) is 0.406. The van der Waals surface area contributed by atoms with E-state index in [1.54, 1.807) is 0 Å². The Morgan fingerprint density at radius 1 is 1.30 bits per heavy atom. The van der Waals surface area contributed by atoms with E-state index in [9.17, 15) is 10.1 Å². The largest absolute Gasteiger partial charge is 0.492 e. The molecule has 20 heavy (non-hydrogen) atoms. The molecule has 0 saturated heterocycles. The van der Waals surface area contributed by atoms with Crippen LogP contribution in [-0.4, -0.2) is 31.0 Å². The highest BCUT2D eigenvalue weighted by atomic mass is 35.5. The van der Waals surface area contributed by atoms with E-state index in [4.69, 9.17) is 25.8 Å². The summed E-state index contributed by atoms with van der Waals surface area (Å²) in [7, 11) is 0. The summed E-state index contributed by atoms with van der Waals surface area (Å²) < 4.78 is 16.2. The summed E-state index contributed by atoms with van der Waals surface area (Å²) in [6, 6.07) is 4.10. The Labute approximate surface area is 122 Å². The lowest BCUT2D eigenvalue weighted by Gasteiger charge is -2.17. The van der Waals surface area contributed by atoms with Crippen LogP contribution in [0.15, 0.2) is 18.2 Å². The molecule has 0 spiro atoms. The van der Waals surface area contributed by atoms with Crippen LogP contribution in [0.4, 0.5) is 5.69 Å². The molecule has 0 aliphatic carbocycles. The topological polar surface area (TPSA) is 70.8 Å². The standard InChI is InChI=1S/C13H18ClNO5/c1-3-18-13(19-4-2)7-8-20-12-6-5-10(15(16)17)9-11(12)14/h5-6,9,13H,3-4,7-8H2,1-2H3. The lowest BCUT2D eigenvalue weighted by molar-refractivity contribution is -0.384. The van der Waals surface area contributed by atoms with Crippen LogP contribution in [0.3, 0.4) is 0 Å². The van der Waals surface area contributed by atoms with Crippen LogP contribution >= 0.6 is 11.6 Å². The average molecular weight is 304 g/mol. The molecule has 6 nitrogen and oxygen atoms in total. The molecule has 1 rings (SSSR count). The fraction of sp³-hybridized carbons (Fsp3) is 0.538. The number of hydrogen-bond donors (Lipinski definition) is 0. The first-order valence-electron chi connectivity index (χ1n) is 6.38. The van der Waals surface area contributed by atoms with Crippen molar-refractivity contribution in [2.45, 2.75) is 26.6 Å². The van der Waals surface area contributed by atoms with Gasteiger partial charge in [-0.05, 0) is 19.9 Å². The summed E-state index contributed by atoms with van der Waals surface area (Å²) in [4.78, 5) is 10.1. The summed E-state index contributed by atoms with van der Waals surface area (Å²) in [5, 5.41) is 10.8. The first-order chi connectivity index (χ1) is 9.58. The number of benzene rings is 1. The van der Waals surface area contributed by atoms with Crippen LogP contribution in [0.25, 0.3) is 0 Å². The summed E-state index contributed by atoms with van der Waals surface area (Å²) in [5.41, 5.74) is -0.0659. The zero-order chi connectivity index (χ0) is 15.0. The normalized spacial score (nSPS) is 10.8. The van der Waals surface area contributed by atoms with E-state index in [0.29, 0.717) is 32.0 Å². The molecule has 0 N–H and O–H groups in total. The van der Waals surface area contributed by atoms with Gasteiger partial charge in [0.05, 0.1) is 16.6 Å². The van der Waals surface area contributed by atoms with Gasteiger partial charge in [0.15, 0.2) is 6.29 Å². The lowest BCUT2D eigenvalue weighted by atomic mass is 10.3. The van der Waals surface area contributed by atoms with E-state index in [1.807, 2.05) is 13.8 Å². The Morgan fingerprint density at radius 3 is 2.45 bits per heavy atom. The van der Waals surface area contributed by atoms with Crippen molar-refractivity contribution in [3.63, 3.8) is 0 Å². The summed E-state index contributed by atoms with van der Waals surface area (Å²) in [6.45, 7) is 5.24. The Hall–Kier alpha value is -1.37. The molecule has 0 amide bonds. The van der Waals surface area contributed by atoms with Crippen molar-refractivity contribution >= 4 is 17.3 Å². The molecule has 0 aliphatic rings. The molecule has 0 aromatic heterocycles. The van der Waals surface area contributed by atoms with Crippen molar-refractivity contribution in [1.29, 1.82) is 0 Å².